The first-order valence-electron chi connectivity index (χ1n) is 10.3. The van der Waals surface area contributed by atoms with Gasteiger partial charge in [-0.3, -0.25) is 9.78 Å². The van der Waals surface area contributed by atoms with Crippen LogP contribution in [0.25, 0.3) is 11.4 Å². The molecule has 1 unspecified atom stereocenters. The minimum atomic E-state index is -3.76. The van der Waals surface area contributed by atoms with Gasteiger partial charge in [-0.2, -0.15) is 4.98 Å². The number of sulfonamides is 1. The monoisotopic (exact) mass is 474 g/mol. The fraction of sp³-hybridized carbons (Fsp3) is 0.333. The quantitative estimate of drug-likeness (QED) is 0.362. The van der Waals surface area contributed by atoms with Crippen LogP contribution < -0.4 is 14.2 Å². The zero-order chi connectivity index (χ0) is 23.3. The molecule has 0 amide bonds. The first-order chi connectivity index (χ1) is 15.9. The van der Waals surface area contributed by atoms with Crippen molar-refractivity contribution in [1.82, 2.24) is 19.8 Å². The SMILES string of the molecule is CC(OC(=O)CCCNS(=O)(=O)c1ccc2c(c1)OCCO2)c1nc(-c2cccnc2)no1. The van der Waals surface area contributed by atoms with Gasteiger partial charge in [0.1, 0.15) is 13.2 Å². The molecule has 1 aromatic carbocycles. The van der Waals surface area contributed by atoms with Crippen LogP contribution in [-0.2, 0) is 19.6 Å². The summed E-state index contributed by atoms with van der Waals surface area (Å²) in [5, 5.41) is 3.86. The molecule has 4 rings (SSSR count). The predicted molar refractivity (Wildman–Crippen MR) is 114 cm³/mol. The van der Waals surface area contributed by atoms with Gasteiger partial charge in [0.2, 0.25) is 15.8 Å². The van der Waals surface area contributed by atoms with Gasteiger partial charge in [0, 0.05) is 37.0 Å². The first-order valence-corrected chi connectivity index (χ1v) is 11.7. The number of carbonyl (C=O) groups is 1. The fourth-order valence-electron chi connectivity index (χ4n) is 3.03. The second-order valence-corrected chi connectivity index (χ2v) is 8.90. The molecule has 3 heterocycles. The third kappa shape index (κ3) is 5.65. The number of hydrogen-bond donors (Lipinski definition) is 1. The van der Waals surface area contributed by atoms with Crippen molar-refractivity contribution < 1.29 is 31.9 Å². The molecule has 2 aromatic heterocycles. The number of esters is 1. The average Bonchev–Trinajstić information content (AvgIpc) is 3.33. The molecule has 0 aliphatic carbocycles. The number of hydrogen-bond acceptors (Lipinski definition) is 10. The van der Waals surface area contributed by atoms with Crippen LogP contribution in [0.4, 0.5) is 0 Å². The number of rotatable bonds is 9. The van der Waals surface area contributed by atoms with E-state index in [0.717, 1.165) is 0 Å². The molecular formula is C21H22N4O7S. The highest BCUT2D eigenvalue weighted by Gasteiger charge is 2.21. The summed E-state index contributed by atoms with van der Waals surface area (Å²) in [4.78, 5) is 20.4. The second-order valence-electron chi connectivity index (χ2n) is 7.14. The zero-order valence-electron chi connectivity index (χ0n) is 17.8. The van der Waals surface area contributed by atoms with Gasteiger partial charge in [0.05, 0.1) is 4.90 Å². The Morgan fingerprint density at radius 2 is 2.03 bits per heavy atom. The highest BCUT2D eigenvalue weighted by Crippen LogP contribution is 2.32. The van der Waals surface area contributed by atoms with Gasteiger partial charge in [-0.05, 0) is 37.6 Å². The number of nitrogens with one attached hydrogen (secondary N) is 1. The normalized spacial score (nSPS) is 14.0. The lowest BCUT2D eigenvalue weighted by molar-refractivity contribution is -0.149. The maximum Gasteiger partial charge on any atom is 0.306 e. The Morgan fingerprint density at radius 1 is 1.21 bits per heavy atom. The van der Waals surface area contributed by atoms with Gasteiger partial charge in [-0.15, -0.1) is 0 Å². The standard InChI is InChI=1S/C21H22N4O7S/c1-14(21-24-20(25-32-21)15-4-2-8-22-13-15)31-19(26)5-3-9-23-33(27,28)16-6-7-17-18(12-16)30-11-10-29-17/h2,4,6-8,12-14,23H,3,5,9-11H2,1H3. The molecule has 1 N–H and O–H groups in total. The van der Waals surface area contributed by atoms with Crippen molar-refractivity contribution in [2.45, 2.75) is 30.8 Å². The summed E-state index contributed by atoms with van der Waals surface area (Å²) >= 11 is 0. The topological polar surface area (TPSA) is 143 Å². The molecule has 0 fully saturated rings. The van der Waals surface area contributed by atoms with Gasteiger partial charge in [-0.25, -0.2) is 13.1 Å². The van der Waals surface area contributed by atoms with Crippen molar-refractivity contribution in [3.05, 3.63) is 48.6 Å². The highest BCUT2D eigenvalue weighted by atomic mass is 32.2. The number of benzene rings is 1. The zero-order valence-corrected chi connectivity index (χ0v) is 18.6. The second kappa shape index (κ2) is 9.96. The molecule has 0 spiro atoms. The Kier molecular flexibility index (Phi) is 6.84. The maximum atomic E-state index is 12.5. The van der Waals surface area contributed by atoms with Crippen molar-refractivity contribution in [3.63, 3.8) is 0 Å². The lowest BCUT2D eigenvalue weighted by Crippen LogP contribution is -2.26. The summed E-state index contributed by atoms with van der Waals surface area (Å²) in [6.45, 7) is 2.46. The molecule has 174 valence electrons. The van der Waals surface area contributed by atoms with Gasteiger partial charge in [0.15, 0.2) is 17.6 Å². The summed E-state index contributed by atoms with van der Waals surface area (Å²) in [6.07, 6.45) is 2.74. The fourth-order valence-corrected chi connectivity index (χ4v) is 4.12. The Labute approximate surface area is 190 Å². The van der Waals surface area contributed by atoms with E-state index in [1.165, 1.54) is 12.1 Å². The molecule has 0 bridgehead atoms. The molecule has 12 heteroatoms. The van der Waals surface area contributed by atoms with E-state index in [0.29, 0.717) is 36.1 Å². The van der Waals surface area contributed by atoms with Crippen LogP contribution in [-0.4, -0.2) is 49.3 Å². The minimum absolute atomic E-state index is 0.0115. The number of ether oxygens (including phenoxy) is 3. The molecule has 0 saturated carbocycles. The van der Waals surface area contributed by atoms with E-state index in [1.54, 1.807) is 37.5 Å². The summed E-state index contributed by atoms with van der Waals surface area (Å²) in [5.74, 6) is 0.874. The first kappa shape index (κ1) is 22.7. The Hall–Kier alpha value is -3.51. The predicted octanol–water partition coefficient (Wildman–Crippen LogP) is 2.27. The van der Waals surface area contributed by atoms with Crippen LogP contribution in [0.2, 0.25) is 0 Å². The largest absolute Gasteiger partial charge is 0.486 e. The van der Waals surface area contributed by atoms with E-state index >= 15 is 0 Å². The van der Waals surface area contributed by atoms with Crippen LogP contribution in [0.15, 0.2) is 52.1 Å². The van der Waals surface area contributed by atoms with E-state index in [4.69, 9.17) is 18.7 Å². The summed E-state index contributed by atoms with van der Waals surface area (Å²) in [6, 6.07) is 7.94. The molecule has 1 aliphatic heterocycles. The molecule has 33 heavy (non-hydrogen) atoms. The van der Waals surface area contributed by atoms with E-state index in [9.17, 15) is 13.2 Å². The van der Waals surface area contributed by atoms with Crippen LogP contribution in [0.1, 0.15) is 31.8 Å². The number of pyridine rings is 1. The van der Waals surface area contributed by atoms with E-state index in [2.05, 4.69) is 19.8 Å². The van der Waals surface area contributed by atoms with Crippen LogP contribution >= 0.6 is 0 Å². The molecule has 1 atom stereocenters. The lowest BCUT2D eigenvalue weighted by Gasteiger charge is -2.18. The van der Waals surface area contributed by atoms with E-state index in [1.807, 2.05) is 0 Å². The third-order valence-electron chi connectivity index (χ3n) is 4.69. The average molecular weight is 474 g/mol. The lowest BCUT2D eigenvalue weighted by atomic mass is 10.3. The molecule has 0 saturated heterocycles. The van der Waals surface area contributed by atoms with Gasteiger partial charge >= 0.3 is 5.97 Å². The number of carbonyl (C=O) groups excluding carboxylic acids is 1. The summed E-state index contributed by atoms with van der Waals surface area (Å²) < 4.78 is 48.7. The number of fused-ring (bicyclic) bond motifs is 1. The van der Waals surface area contributed by atoms with Crippen molar-refractivity contribution >= 4 is 16.0 Å². The van der Waals surface area contributed by atoms with Crippen LogP contribution in [0.3, 0.4) is 0 Å². The van der Waals surface area contributed by atoms with E-state index in [-0.39, 0.29) is 30.2 Å². The van der Waals surface area contributed by atoms with Crippen molar-refractivity contribution in [2.24, 2.45) is 0 Å². The van der Waals surface area contributed by atoms with Crippen molar-refractivity contribution in [2.75, 3.05) is 19.8 Å². The van der Waals surface area contributed by atoms with Crippen molar-refractivity contribution in [3.8, 4) is 22.9 Å². The van der Waals surface area contributed by atoms with Gasteiger partial charge in [-0.1, -0.05) is 5.16 Å². The molecule has 1 aliphatic rings. The number of nitrogens with zero attached hydrogens (tertiary/aromatic N) is 3. The Bertz CT molecular complexity index is 1210. The number of aromatic nitrogens is 3. The maximum absolute atomic E-state index is 12.5. The Balaban J connectivity index is 1.24. The minimum Gasteiger partial charge on any atom is -0.486 e. The molecule has 0 radical (unpaired) electrons. The molecule has 3 aromatic rings. The van der Waals surface area contributed by atoms with Gasteiger partial charge in [0.25, 0.3) is 5.89 Å². The Morgan fingerprint density at radius 3 is 2.82 bits per heavy atom. The molecular weight excluding hydrogens is 452 g/mol. The third-order valence-corrected chi connectivity index (χ3v) is 6.15. The van der Waals surface area contributed by atoms with E-state index < -0.39 is 22.1 Å². The van der Waals surface area contributed by atoms with Crippen LogP contribution in [0.5, 0.6) is 11.5 Å². The van der Waals surface area contributed by atoms with Crippen LogP contribution in [0, 0.1) is 0 Å². The molecule has 11 nitrogen and oxygen atoms in total. The summed E-state index contributed by atoms with van der Waals surface area (Å²) in [5.41, 5.74) is 0.677. The van der Waals surface area contributed by atoms with Gasteiger partial charge < -0.3 is 18.7 Å². The summed E-state index contributed by atoms with van der Waals surface area (Å²) in [7, 11) is -3.76. The van der Waals surface area contributed by atoms with Crippen molar-refractivity contribution in [1.29, 1.82) is 0 Å². The smallest absolute Gasteiger partial charge is 0.306 e. The highest BCUT2D eigenvalue weighted by molar-refractivity contribution is 7.89.